The summed E-state index contributed by atoms with van der Waals surface area (Å²) < 4.78 is 50.7. The lowest BCUT2D eigenvalue weighted by Crippen LogP contribution is -2.49. The van der Waals surface area contributed by atoms with Gasteiger partial charge >= 0.3 is 6.18 Å². The van der Waals surface area contributed by atoms with Crippen molar-refractivity contribution < 1.29 is 22.7 Å². The van der Waals surface area contributed by atoms with E-state index in [1.54, 1.807) is 30.3 Å². The Hall–Kier alpha value is -4.05. The van der Waals surface area contributed by atoms with Crippen LogP contribution < -0.4 is 16.5 Å². The normalized spacial score (nSPS) is 18.1. The van der Waals surface area contributed by atoms with Crippen molar-refractivity contribution >= 4 is 17.6 Å². The standard InChI is InChI=1S/C28H29F4N5O/c1-27(21-5-2-19(3-6-21)4-13-26(33)35-37(34)17-15-28(30,31)32)25-12-11-24(38)18-20(25)14-16-36(27)23-9-7-22(29)8-10-23/h2-13,18,38H,14-17,34H2,1H3,(H2,33,35)/b13-4+. The molecule has 0 amide bonds. The van der Waals surface area contributed by atoms with E-state index >= 15 is 0 Å². The van der Waals surface area contributed by atoms with Gasteiger partial charge in [0.25, 0.3) is 0 Å². The van der Waals surface area contributed by atoms with Crippen LogP contribution in [0.25, 0.3) is 6.08 Å². The molecule has 6 nitrogen and oxygen atoms in total. The molecular formula is C28H29F4N5O. The van der Waals surface area contributed by atoms with Crippen LogP contribution in [0.3, 0.4) is 0 Å². The number of hydrazone groups is 1. The number of anilines is 1. The summed E-state index contributed by atoms with van der Waals surface area (Å²) >= 11 is 0. The monoisotopic (exact) mass is 527 g/mol. The number of phenolic OH excluding ortho intramolecular Hbond substituents is 1. The number of hydrazine groups is 1. The number of fused-ring (bicyclic) bond motifs is 1. The van der Waals surface area contributed by atoms with Gasteiger partial charge in [-0.05, 0) is 78.1 Å². The third-order valence-electron chi connectivity index (χ3n) is 6.68. The zero-order valence-corrected chi connectivity index (χ0v) is 20.8. The third kappa shape index (κ3) is 6.08. The van der Waals surface area contributed by atoms with E-state index in [0.29, 0.717) is 11.7 Å². The highest BCUT2D eigenvalue weighted by atomic mass is 19.4. The molecule has 38 heavy (non-hydrogen) atoms. The molecular weight excluding hydrogens is 498 g/mol. The number of halogens is 4. The molecule has 5 N–H and O–H groups in total. The smallest absolute Gasteiger partial charge is 0.390 e. The van der Waals surface area contributed by atoms with E-state index in [1.165, 1.54) is 18.2 Å². The highest BCUT2D eigenvalue weighted by Crippen LogP contribution is 2.44. The molecule has 4 rings (SSSR count). The average Bonchev–Trinajstić information content (AvgIpc) is 2.87. The van der Waals surface area contributed by atoms with Crippen molar-refractivity contribution in [1.29, 1.82) is 0 Å². The second-order valence-corrected chi connectivity index (χ2v) is 9.30. The first-order chi connectivity index (χ1) is 18.0. The number of hydrogen-bond donors (Lipinski definition) is 3. The number of hydrogen-bond acceptors (Lipinski definition) is 5. The van der Waals surface area contributed by atoms with Gasteiger partial charge in [-0.15, -0.1) is 5.10 Å². The van der Waals surface area contributed by atoms with E-state index in [4.69, 9.17) is 11.6 Å². The Bertz CT molecular complexity index is 1320. The van der Waals surface area contributed by atoms with Crippen molar-refractivity contribution in [1.82, 2.24) is 5.12 Å². The van der Waals surface area contributed by atoms with Gasteiger partial charge in [0.1, 0.15) is 17.4 Å². The molecule has 1 atom stereocenters. The van der Waals surface area contributed by atoms with Gasteiger partial charge in [-0.1, -0.05) is 36.4 Å². The van der Waals surface area contributed by atoms with E-state index in [9.17, 15) is 22.7 Å². The molecule has 1 aliphatic heterocycles. The Labute approximate surface area is 218 Å². The van der Waals surface area contributed by atoms with Crippen LogP contribution in [0.4, 0.5) is 23.2 Å². The largest absolute Gasteiger partial charge is 0.508 e. The number of aromatic hydroxyl groups is 1. The van der Waals surface area contributed by atoms with Gasteiger partial charge < -0.3 is 15.7 Å². The van der Waals surface area contributed by atoms with Crippen LogP contribution in [0.15, 0.2) is 77.9 Å². The predicted octanol–water partition coefficient (Wildman–Crippen LogP) is 5.27. The first kappa shape index (κ1) is 27.0. The molecule has 0 saturated carbocycles. The Morgan fingerprint density at radius 3 is 2.45 bits per heavy atom. The highest BCUT2D eigenvalue weighted by Gasteiger charge is 2.40. The number of alkyl halides is 3. The van der Waals surface area contributed by atoms with E-state index < -0.39 is 24.7 Å². The fraction of sp³-hybridized carbons (Fsp3) is 0.250. The van der Waals surface area contributed by atoms with Gasteiger partial charge in [0.2, 0.25) is 0 Å². The van der Waals surface area contributed by atoms with Crippen LogP contribution in [0.1, 0.15) is 35.6 Å². The second-order valence-electron chi connectivity index (χ2n) is 9.30. The molecule has 0 spiro atoms. The van der Waals surface area contributed by atoms with E-state index in [-0.39, 0.29) is 17.4 Å². The quantitative estimate of drug-likeness (QED) is 0.128. The number of nitrogens with zero attached hydrogens (tertiary/aromatic N) is 3. The summed E-state index contributed by atoms with van der Waals surface area (Å²) in [5.74, 6) is 5.34. The minimum atomic E-state index is -4.33. The van der Waals surface area contributed by atoms with Crippen molar-refractivity contribution in [2.75, 3.05) is 18.0 Å². The minimum absolute atomic E-state index is 0.0331. The summed E-state index contributed by atoms with van der Waals surface area (Å²) in [5.41, 5.74) is 9.90. The third-order valence-corrected chi connectivity index (χ3v) is 6.68. The summed E-state index contributed by atoms with van der Waals surface area (Å²) in [6.45, 7) is 2.25. The van der Waals surface area contributed by atoms with E-state index in [0.717, 1.165) is 34.4 Å². The molecule has 0 saturated heterocycles. The van der Waals surface area contributed by atoms with Gasteiger partial charge in [-0.25, -0.2) is 15.4 Å². The number of amidine groups is 1. The van der Waals surface area contributed by atoms with Crippen LogP contribution in [0.5, 0.6) is 5.75 Å². The van der Waals surface area contributed by atoms with Crippen molar-refractivity contribution in [3.63, 3.8) is 0 Å². The SMILES string of the molecule is CC1(c2ccc(/C=C/C(N)=N/N(N)CCC(F)(F)F)cc2)c2ccc(O)cc2CCN1c1ccc(F)cc1. The first-order valence-corrected chi connectivity index (χ1v) is 12.0. The van der Waals surface area contributed by atoms with Crippen LogP contribution in [0, 0.1) is 5.82 Å². The number of phenols is 1. The predicted molar refractivity (Wildman–Crippen MR) is 141 cm³/mol. The molecule has 3 aromatic carbocycles. The molecule has 1 aliphatic rings. The molecule has 1 unspecified atom stereocenters. The van der Waals surface area contributed by atoms with Gasteiger partial charge in [0, 0.05) is 12.2 Å². The molecule has 3 aromatic rings. The molecule has 10 heteroatoms. The fourth-order valence-corrected chi connectivity index (χ4v) is 4.76. The molecule has 0 radical (unpaired) electrons. The molecule has 200 valence electrons. The summed E-state index contributed by atoms with van der Waals surface area (Å²) in [7, 11) is 0. The second kappa shape index (κ2) is 10.7. The Morgan fingerprint density at radius 1 is 1.11 bits per heavy atom. The zero-order chi connectivity index (χ0) is 27.5. The van der Waals surface area contributed by atoms with Crippen molar-refractivity contribution in [2.45, 2.75) is 31.5 Å². The van der Waals surface area contributed by atoms with Crippen molar-refractivity contribution in [3.05, 3.63) is 101 Å². The van der Waals surface area contributed by atoms with Crippen LogP contribution >= 0.6 is 0 Å². The molecule has 0 fully saturated rings. The van der Waals surface area contributed by atoms with E-state index in [2.05, 4.69) is 16.9 Å². The molecule has 0 bridgehead atoms. The zero-order valence-electron chi connectivity index (χ0n) is 20.8. The Balaban J connectivity index is 1.61. The molecule has 1 heterocycles. The lowest BCUT2D eigenvalue weighted by Gasteiger charge is -2.48. The van der Waals surface area contributed by atoms with Gasteiger partial charge in [0.15, 0.2) is 0 Å². The Morgan fingerprint density at radius 2 is 1.79 bits per heavy atom. The average molecular weight is 528 g/mol. The van der Waals surface area contributed by atoms with Crippen LogP contribution in [-0.4, -0.2) is 35.3 Å². The summed E-state index contributed by atoms with van der Waals surface area (Å²) in [6.07, 6.45) is -1.55. The molecule has 0 aromatic heterocycles. The fourth-order valence-electron chi connectivity index (χ4n) is 4.76. The van der Waals surface area contributed by atoms with Crippen LogP contribution in [0.2, 0.25) is 0 Å². The highest BCUT2D eigenvalue weighted by molar-refractivity contribution is 5.94. The van der Waals surface area contributed by atoms with Crippen LogP contribution in [-0.2, 0) is 12.0 Å². The topological polar surface area (TPSA) is 91.1 Å². The van der Waals surface area contributed by atoms with Crippen molar-refractivity contribution in [2.24, 2.45) is 16.7 Å². The number of benzene rings is 3. The maximum absolute atomic E-state index is 13.7. The number of rotatable bonds is 7. The lowest BCUT2D eigenvalue weighted by atomic mass is 9.76. The maximum atomic E-state index is 13.7. The minimum Gasteiger partial charge on any atom is -0.508 e. The van der Waals surface area contributed by atoms with Gasteiger partial charge in [-0.2, -0.15) is 13.2 Å². The van der Waals surface area contributed by atoms with Gasteiger partial charge in [0.05, 0.1) is 18.5 Å². The Kier molecular flexibility index (Phi) is 7.63. The van der Waals surface area contributed by atoms with Crippen molar-refractivity contribution in [3.8, 4) is 5.75 Å². The summed E-state index contributed by atoms with van der Waals surface area (Å²) in [6, 6.07) is 19.5. The summed E-state index contributed by atoms with van der Waals surface area (Å²) in [5, 5.41) is 14.5. The van der Waals surface area contributed by atoms with Gasteiger partial charge in [-0.3, -0.25) is 0 Å². The first-order valence-electron chi connectivity index (χ1n) is 12.0. The molecule has 0 aliphatic carbocycles. The summed E-state index contributed by atoms with van der Waals surface area (Å²) in [4.78, 5) is 2.22. The lowest BCUT2D eigenvalue weighted by molar-refractivity contribution is -0.138. The van der Waals surface area contributed by atoms with E-state index in [1.807, 2.05) is 30.3 Å². The maximum Gasteiger partial charge on any atom is 0.390 e. The number of nitrogens with two attached hydrogens (primary N) is 2.